The number of hydrogen-bond donors (Lipinski definition) is 2. The maximum atomic E-state index is 10.7. The topological polar surface area (TPSA) is 72.9 Å². The summed E-state index contributed by atoms with van der Waals surface area (Å²) in [4.78, 5) is 10.7. The number of hydrogen-bond acceptors (Lipinski definition) is 3. The molecule has 0 saturated heterocycles. The lowest BCUT2D eigenvalue weighted by Crippen LogP contribution is -2.21. The van der Waals surface area contributed by atoms with Gasteiger partial charge in [-0.1, -0.05) is 6.92 Å². The number of carbonyl (C=O) groups excluding carboxylic acids is 1. The number of aromatic nitrogens is 2. The maximum absolute atomic E-state index is 10.7. The zero-order valence-electron chi connectivity index (χ0n) is 8.36. The first-order chi connectivity index (χ1) is 6.74. The minimum absolute atomic E-state index is 0.320. The second kappa shape index (κ2) is 5.39. The van der Waals surface area contributed by atoms with Gasteiger partial charge in [0.05, 0.1) is 6.54 Å². The number of amides is 1. The standard InChI is InChI=1S/C9H16N4O/c1-2-4-11-5-7-13-6-3-8(12-13)9(10)14/h3,6,11H,2,4-5,7H2,1H3,(H2,10,14). The van der Waals surface area contributed by atoms with Crippen LogP contribution in [0.3, 0.4) is 0 Å². The van der Waals surface area contributed by atoms with Gasteiger partial charge in [0.25, 0.3) is 5.91 Å². The first-order valence-corrected chi connectivity index (χ1v) is 4.78. The molecule has 0 aliphatic rings. The summed E-state index contributed by atoms with van der Waals surface area (Å²) in [6.45, 7) is 4.73. The fraction of sp³-hybridized carbons (Fsp3) is 0.556. The number of carbonyl (C=O) groups is 1. The molecular weight excluding hydrogens is 180 g/mol. The average Bonchev–Trinajstić information content (AvgIpc) is 2.61. The molecule has 0 aromatic carbocycles. The molecule has 5 nitrogen and oxygen atoms in total. The molecule has 0 aliphatic heterocycles. The molecule has 0 unspecified atom stereocenters. The van der Waals surface area contributed by atoms with Crippen molar-refractivity contribution >= 4 is 5.91 Å². The minimum atomic E-state index is -0.481. The molecule has 5 heteroatoms. The van der Waals surface area contributed by atoms with Crippen molar-refractivity contribution in [3.8, 4) is 0 Å². The molecule has 0 bridgehead atoms. The third kappa shape index (κ3) is 3.18. The quantitative estimate of drug-likeness (QED) is 0.628. The molecule has 0 saturated carbocycles. The number of nitrogens with two attached hydrogens (primary N) is 1. The Balaban J connectivity index is 2.33. The van der Waals surface area contributed by atoms with Crippen molar-refractivity contribution in [2.24, 2.45) is 5.73 Å². The van der Waals surface area contributed by atoms with Crippen molar-refractivity contribution < 1.29 is 4.79 Å². The Kier molecular flexibility index (Phi) is 4.12. The summed E-state index contributed by atoms with van der Waals surface area (Å²) in [5.41, 5.74) is 5.39. The molecule has 78 valence electrons. The van der Waals surface area contributed by atoms with E-state index in [4.69, 9.17) is 5.73 Å². The summed E-state index contributed by atoms with van der Waals surface area (Å²) in [7, 11) is 0. The van der Waals surface area contributed by atoms with Gasteiger partial charge in [-0.3, -0.25) is 9.48 Å². The highest BCUT2D eigenvalue weighted by molar-refractivity contribution is 5.90. The van der Waals surface area contributed by atoms with Crippen LogP contribution in [-0.4, -0.2) is 28.8 Å². The Labute approximate surface area is 83.3 Å². The molecular formula is C9H16N4O. The van der Waals surface area contributed by atoms with E-state index in [1.54, 1.807) is 16.9 Å². The summed E-state index contributed by atoms with van der Waals surface area (Å²) in [6.07, 6.45) is 2.87. The third-order valence-electron chi connectivity index (χ3n) is 1.84. The Morgan fingerprint density at radius 2 is 2.43 bits per heavy atom. The van der Waals surface area contributed by atoms with Crippen LogP contribution in [0.5, 0.6) is 0 Å². The number of primary amides is 1. The van der Waals surface area contributed by atoms with E-state index in [1.165, 1.54) is 0 Å². The Morgan fingerprint density at radius 3 is 3.00 bits per heavy atom. The lowest BCUT2D eigenvalue weighted by Gasteiger charge is -2.02. The fourth-order valence-corrected chi connectivity index (χ4v) is 1.11. The highest BCUT2D eigenvalue weighted by atomic mass is 16.1. The predicted octanol–water partition coefficient (Wildman–Crippen LogP) is -0.0184. The van der Waals surface area contributed by atoms with Crippen LogP contribution in [0.2, 0.25) is 0 Å². The molecule has 0 radical (unpaired) electrons. The molecule has 3 N–H and O–H groups in total. The summed E-state index contributed by atoms with van der Waals surface area (Å²) in [6, 6.07) is 1.63. The molecule has 0 atom stereocenters. The lowest BCUT2D eigenvalue weighted by molar-refractivity contribution is 0.0994. The molecule has 1 aromatic heterocycles. The molecule has 0 fully saturated rings. The van der Waals surface area contributed by atoms with E-state index in [2.05, 4.69) is 17.3 Å². The normalized spacial score (nSPS) is 10.4. The smallest absolute Gasteiger partial charge is 0.269 e. The van der Waals surface area contributed by atoms with Gasteiger partial charge < -0.3 is 11.1 Å². The molecule has 0 spiro atoms. The van der Waals surface area contributed by atoms with Crippen molar-refractivity contribution in [2.75, 3.05) is 13.1 Å². The first-order valence-electron chi connectivity index (χ1n) is 4.78. The highest BCUT2D eigenvalue weighted by Gasteiger charge is 2.03. The molecule has 1 heterocycles. The van der Waals surface area contributed by atoms with Crippen molar-refractivity contribution in [3.63, 3.8) is 0 Å². The van der Waals surface area contributed by atoms with Crippen molar-refractivity contribution in [3.05, 3.63) is 18.0 Å². The second-order valence-electron chi connectivity index (χ2n) is 3.08. The van der Waals surface area contributed by atoms with E-state index < -0.39 is 5.91 Å². The Bertz CT molecular complexity index is 295. The summed E-state index contributed by atoms with van der Waals surface area (Å²) in [5, 5.41) is 7.25. The molecule has 1 amide bonds. The summed E-state index contributed by atoms with van der Waals surface area (Å²) in [5.74, 6) is -0.481. The summed E-state index contributed by atoms with van der Waals surface area (Å²) >= 11 is 0. The van der Waals surface area contributed by atoms with Crippen LogP contribution in [-0.2, 0) is 6.54 Å². The third-order valence-corrected chi connectivity index (χ3v) is 1.84. The zero-order valence-corrected chi connectivity index (χ0v) is 8.36. The monoisotopic (exact) mass is 196 g/mol. The lowest BCUT2D eigenvalue weighted by atomic mass is 10.4. The maximum Gasteiger partial charge on any atom is 0.269 e. The Morgan fingerprint density at radius 1 is 1.64 bits per heavy atom. The van der Waals surface area contributed by atoms with Gasteiger partial charge in [-0.15, -0.1) is 0 Å². The van der Waals surface area contributed by atoms with Gasteiger partial charge in [0.15, 0.2) is 0 Å². The number of nitrogens with zero attached hydrogens (tertiary/aromatic N) is 2. The SMILES string of the molecule is CCCNCCn1ccc(C(N)=O)n1. The van der Waals surface area contributed by atoms with Crippen molar-refractivity contribution in [1.29, 1.82) is 0 Å². The number of nitrogens with one attached hydrogen (secondary N) is 1. The molecule has 1 rings (SSSR count). The summed E-state index contributed by atoms with van der Waals surface area (Å²) < 4.78 is 1.71. The van der Waals surface area contributed by atoms with Crippen molar-refractivity contribution in [1.82, 2.24) is 15.1 Å². The van der Waals surface area contributed by atoms with Crippen LogP contribution in [0, 0.1) is 0 Å². The zero-order chi connectivity index (χ0) is 10.4. The van der Waals surface area contributed by atoms with Gasteiger partial charge in [0, 0.05) is 12.7 Å². The van der Waals surface area contributed by atoms with Crippen LogP contribution in [0.15, 0.2) is 12.3 Å². The van der Waals surface area contributed by atoms with E-state index in [9.17, 15) is 4.79 Å². The van der Waals surface area contributed by atoms with Crippen LogP contribution in [0.25, 0.3) is 0 Å². The fourth-order valence-electron chi connectivity index (χ4n) is 1.11. The predicted molar refractivity (Wildman–Crippen MR) is 53.9 cm³/mol. The van der Waals surface area contributed by atoms with Gasteiger partial charge in [-0.05, 0) is 19.0 Å². The molecule has 0 aliphatic carbocycles. The van der Waals surface area contributed by atoms with Gasteiger partial charge in [0.1, 0.15) is 5.69 Å². The molecule has 1 aromatic rings. The van der Waals surface area contributed by atoms with Gasteiger partial charge in [-0.2, -0.15) is 5.10 Å². The highest BCUT2D eigenvalue weighted by Crippen LogP contribution is 1.93. The van der Waals surface area contributed by atoms with Crippen LogP contribution < -0.4 is 11.1 Å². The first kappa shape index (κ1) is 10.7. The van der Waals surface area contributed by atoms with Crippen LogP contribution >= 0.6 is 0 Å². The Hall–Kier alpha value is -1.36. The minimum Gasteiger partial charge on any atom is -0.364 e. The van der Waals surface area contributed by atoms with Gasteiger partial charge in [-0.25, -0.2) is 0 Å². The van der Waals surface area contributed by atoms with E-state index in [0.717, 1.165) is 26.1 Å². The number of rotatable bonds is 6. The van der Waals surface area contributed by atoms with Gasteiger partial charge >= 0.3 is 0 Å². The van der Waals surface area contributed by atoms with Crippen molar-refractivity contribution in [2.45, 2.75) is 19.9 Å². The average molecular weight is 196 g/mol. The largest absolute Gasteiger partial charge is 0.364 e. The second-order valence-corrected chi connectivity index (χ2v) is 3.08. The van der Waals surface area contributed by atoms with E-state index in [0.29, 0.717) is 5.69 Å². The molecule has 14 heavy (non-hydrogen) atoms. The van der Waals surface area contributed by atoms with Crippen LogP contribution in [0.4, 0.5) is 0 Å². The van der Waals surface area contributed by atoms with E-state index >= 15 is 0 Å². The van der Waals surface area contributed by atoms with Crippen LogP contribution in [0.1, 0.15) is 23.8 Å². The van der Waals surface area contributed by atoms with E-state index in [-0.39, 0.29) is 0 Å². The van der Waals surface area contributed by atoms with Gasteiger partial charge in [0.2, 0.25) is 0 Å². The van der Waals surface area contributed by atoms with E-state index in [1.807, 2.05) is 0 Å².